The Morgan fingerprint density at radius 3 is 2.75 bits per heavy atom. The van der Waals surface area contributed by atoms with E-state index in [9.17, 15) is 5.26 Å². The Labute approximate surface area is 120 Å². The number of nitrogens with two attached hydrogens (primary N) is 1. The summed E-state index contributed by atoms with van der Waals surface area (Å²) in [6.45, 7) is 0. The second-order valence-corrected chi connectivity index (χ2v) is 5.01. The van der Waals surface area contributed by atoms with E-state index in [-0.39, 0.29) is 11.0 Å². The first-order valence-corrected chi connectivity index (χ1v) is 6.61. The van der Waals surface area contributed by atoms with Crippen LogP contribution in [-0.2, 0) is 0 Å². The molecule has 102 valence electrons. The molecule has 2 aromatic heterocycles. The summed E-state index contributed by atoms with van der Waals surface area (Å²) in [7, 11) is 0. The van der Waals surface area contributed by atoms with E-state index in [0.29, 0.717) is 23.2 Å². The molecule has 2 aromatic rings. The van der Waals surface area contributed by atoms with Gasteiger partial charge in [0, 0.05) is 6.04 Å². The number of nitrogens with zero attached hydrogens (tertiary/aromatic N) is 5. The van der Waals surface area contributed by atoms with Crippen molar-refractivity contribution in [2.24, 2.45) is 0 Å². The lowest BCUT2D eigenvalue weighted by Gasteiger charge is -2.26. The molecule has 1 saturated carbocycles. The molecule has 0 bridgehead atoms. The van der Waals surface area contributed by atoms with Gasteiger partial charge in [-0.3, -0.25) is 0 Å². The summed E-state index contributed by atoms with van der Waals surface area (Å²) >= 11 is 5.70. The van der Waals surface area contributed by atoms with Crippen molar-refractivity contribution in [3.05, 3.63) is 22.8 Å². The van der Waals surface area contributed by atoms with Gasteiger partial charge in [0.25, 0.3) is 0 Å². The van der Waals surface area contributed by atoms with Crippen molar-refractivity contribution >= 4 is 23.2 Å². The molecule has 0 radical (unpaired) electrons. The predicted molar refractivity (Wildman–Crippen MR) is 74.6 cm³/mol. The van der Waals surface area contributed by atoms with Gasteiger partial charge in [-0.1, -0.05) is 11.6 Å². The Kier molecular flexibility index (Phi) is 3.16. The molecular weight excluding hydrogens is 278 g/mol. The van der Waals surface area contributed by atoms with Crippen LogP contribution < -0.4 is 11.1 Å². The minimum Gasteiger partial charge on any atom is -0.382 e. The third kappa shape index (κ3) is 2.14. The molecule has 0 saturated heterocycles. The Morgan fingerprint density at radius 1 is 1.40 bits per heavy atom. The molecule has 8 heteroatoms. The van der Waals surface area contributed by atoms with Crippen LogP contribution in [0.25, 0.3) is 5.82 Å². The molecule has 7 nitrogen and oxygen atoms in total. The molecule has 0 amide bonds. The zero-order chi connectivity index (χ0) is 14.1. The van der Waals surface area contributed by atoms with Crippen LogP contribution in [0.3, 0.4) is 0 Å². The molecule has 0 spiro atoms. The highest BCUT2D eigenvalue weighted by Crippen LogP contribution is 2.28. The van der Waals surface area contributed by atoms with Gasteiger partial charge in [-0.25, -0.2) is 0 Å². The molecule has 0 aromatic carbocycles. The second kappa shape index (κ2) is 4.98. The summed E-state index contributed by atoms with van der Waals surface area (Å²) in [6, 6.07) is 5.68. The maximum atomic E-state index is 9.23. The van der Waals surface area contributed by atoms with Crippen LogP contribution in [-0.4, -0.2) is 26.0 Å². The summed E-state index contributed by atoms with van der Waals surface area (Å²) < 4.78 is 1.39. The van der Waals surface area contributed by atoms with Gasteiger partial charge in [0.15, 0.2) is 16.8 Å². The Morgan fingerprint density at radius 2 is 2.20 bits per heavy atom. The van der Waals surface area contributed by atoms with Crippen molar-refractivity contribution in [1.82, 2.24) is 20.0 Å². The summed E-state index contributed by atoms with van der Waals surface area (Å²) in [5.74, 6) is 1.16. The molecule has 0 aliphatic heterocycles. The van der Waals surface area contributed by atoms with E-state index in [1.54, 1.807) is 12.1 Å². The molecule has 0 atom stereocenters. The van der Waals surface area contributed by atoms with E-state index in [1.165, 1.54) is 11.1 Å². The molecule has 3 N–H and O–H groups in total. The lowest BCUT2D eigenvalue weighted by atomic mass is 9.93. The number of nitriles is 1. The SMILES string of the molecule is N#Cc1c(NC2CCC2)nn(-c2ccc(Cl)nn2)c1N. The summed E-state index contributed by atoms with van der Waals surface area (Å²) in [5, 5.41) is 24.7. The summed E-state index contributed by atoms with van der Waals surface area (Å²) in [5.41, 5.74) is 6.28. The zero-order valence-corrected chi connectivity index (χ0v) is 11.3. The topological polar surface area (TPSA) is 105 Å². The molecule has 3 rings (SSSR count). The number of rotatable bonds is 3. The Balaban J connectivity index is 1.99. The first-order valence-electron chi connectivity index (χ1n) is 6.24. The van der Waals surface area contributed by atoms with E-state index >= 15 is 0 Å². The standard InChI is InChI=1S/C12H12ClN7/c13-9-4-5-10(18-17-9)20-11(15)8(6-14)12(19-20)16-7-2-1-3-7/h4-5,7H,1-3,15H2,(H,16,19). The van der Waals surface area contributed by atoms with Crippen LogP contribution in [0.4, 0.5) is 11.6 Å². The van der Waals surface area contributed by atoms with Gasteiger partial charge < -0.3 is 11.1 Å². The van der Waals surface area contributed by atoms with Crippen molar-refractivity contribution in [3.63, 3.8) is 0 Å². The largest absolute Gasteiger partial charge is 0.382 e. The second-order valence-electron chi connectivity index (χ2n) is 4.62. The molecule has 2 heterocycles. The number of halogens is 1. The molecule has 0 unspecified atom stereocenters. The first kappa shape index (κ1) is 12.7. The Bertz CT molecular complexity index is 666. The normalized spacial score (nSPS) is 14.6. The van der Waals surface area contributed by atoms with E-state index < -0.39 is 0 Å². The lowest BCUT2D eigenvalue weighted by Crippen LogP contribution is -2.27. The molecule has 20 heavy (non-hydrogen) atoms. The highest BCUT2D eigenvalue weighted by atomic mass is 35.5. The minimum absolute atomic E-state index is 0.242. The molecular formula is C12H12ClN7. The number of aromatic nitrogens is 4. The van der Waals surface area contributed by atoms with E-state index in [0.717, 1.165) is 12.8 Å². The number of hydrogen-bond donors (Lipinski definition) is 2. The number of nitrogens with one attached hydrogen (secondary N) is 1. The fraction of sp³-hybridized carbons (Fsp3) is 0.333. The van der Waals surface area contributed by atoms with Crippen LogP contribution in [0.2, 0.25) is 5.15 Å². The number of hydrogen-bond acceptors (Lipinski definition) is 6. The van der Waals surface area contributed by atoms with Crippen LogP contribution in [0.1, 0.15) is 24.8 Å². The highest BCUT2D eigenvalue weighted by Gasteiger charge is 2.23. The average molecular weight is 290 g/mol. The molecule has 1 aliphatic carbocycles. The van der Waals surface area contributed by atoms with Crippen molar-refractivity contribution in [2.75, 3.05) is 11.1 Å². The van der Waals surface area contributed by atoms with E-state index in [2.05, 4.69) is 26.7 Å². The van der Waals surface area contributed by atoms with Crippen LogP contribution in [0, 0.1) is 11.3 Å². The van der Waals surface area contributed by atoms with Gasteiger partial charge in [0.2, 0.25) is 0 Å². The van der Waals surface area contributed by atoms with Gasteiger partial charge in [-0.2, -0.15) is 9.94 Å². The lowest BCUT2D eigenvalue weighted by molar-refractivity contribution is 0.444. The molecule has 1 fully saturated rings. The third-order valence-electron chi connectivity index (χ3n) is 3.31. The maximum Gasteiger partial charge on any atom is 0.178 e. The highest BCUT2D eigenvalue weighted by molar-refractivity contribution is 6.29. The maximum absolute atomic E-state index is 9.23. The number of anilines is 2. The third-order valence-corrected chi connectivity index (χ3v) is 3.52. The number of nitrogen functional groups attached to an aromatic ring is 1. The summed E-state index contributed by atoms with van der Waals surface area (Å²) in [6.07, 6.45) is 3.36. The van der Waals surface area contributed by atoms with Gasteiger partial charge in [-0.15, -0.1) is 15.3 Å². The van der Waals surface area contributed by atoms with Crippen molar-refractivity contribution in [1.29, 1.82) is 5.26 Å². The van der Waals surface area contributed by atoms with Gasteiger partial charge in [-0.05, 0) is 31.4 Å². The van der Waals surface area contributed by atoms with Gasteiger partial charge in [0.05, 0.1) is 0 Å². The van der Waals surface area contributed by atoms with Crippen molar-refractivity contribution in [2.45, 2.75) is 25.3 Å². The average Bonchev–Trinajstić information content (AvgIpc) is 2.71. The molecule has 1 aliphatic rings. The van der Waals surface area contributed by atoms with Gasteiger partial charge in [0.1, 0.15) is 17.5 Å². The fourth-order valence-electron chi connectivity index (χ4n) is 1.98. The fourth-order valence-corrected chi connectivity index (χ4v) is 2.09. The first-order chi connectivity index (χ1) is 9.69. The van der Waals surface area contributed by atoms with Crippen LogP contribution >= 0.6 is 11.6 Å². The monoisotopic (exact) mass is 289 g/mol. The smallest absolute Gasteiger partial charge is 0.178 e. The van der Waals surface area contributed by atoms with E-state index in [1.807, 2.05) is 0 Å². The summed E-state index contributed by atoms with van der Waals surface area (Å²) in [4.78, 5) is 0. The van der Waals surface area contributed by atoms with Crippen molar-refractivity contribution in [3.8, 4) is 11.9 Å². The zero-order valence-electron chi connectivity index (χ0n) is 10.5. The van der Waals surface area contributed by atoms with E-state index in [4.69, 9.17) is 17.3 Å². The van der Waals surface area contributed by atoms with Crippen molar-refractivity contribution < 1.29 is 0 Å². The Hall–Kier alpha value is -2.33. The van der Waals surface area contributed by atoms with Crippen LogP contribution in [0.15, 0.2) is 12.1 Å². The minimum atomic E-state index is 0.242. The van der Waals surface area contributed by atoms with Gasteiger partial charge >= 0.3 is 0 Å². The quantitative estimate of drug-likeness (QED) is 0.891. The predicted octanol–water partition coefficient (Wildman–Crippen LogP) is 1.73. The van der Waals surface area contributed by atoms with Crippen LogP contribution in [0.5, 0.6) is 0 Å².